The van der Waals surface area contributed by atoms with Gasteiger partial charge in [-0.05, 0) is 81.4 Å². The Kier molecular flexibility index (Phi) is 6.29. The van der Waals surface area contributed by atoms with Gasteiger partial charge in [0.1, 0.15) is 17.6 Å². The van der Waals surface area contributed by atoms with Crippen LogP contribution in [0.15, 0.2) is 77.7 Å². The fourth-order valence-electron chi connectivity index (χ4n) is 3.57. The third-order valence-electron chi connectivity index (χ3n) is 5.07. The summed E-state index contributed by atoms with van der Waals surface area (Å²) >= 11 is 0. The molecule has 1 atom stereocenters. The number of sulfonamides is 1. The zero-order chi connectivity index (χ0) is 23.6. The first-order valence-electron chi connectivity index (χ1n) is 10.7. The summed E-state index contributed by atoms with van der Waals surface area (Å²) in [5.41, 5.74) is 1.48. The highest BCUT2D eigenvalue weighted by atomic mass is 32.2. The number of carbonyl (C=O) groups excluding carboxylic acids is 1. The molecule has 7 nitrogen and oxygen atoms in total. The SMILES string of the molecule is CC(C)Oc1ccc(C(=O)Nc2ccc(S(=O)(=O)N3CC(C)Oc4ccccc43)cc2)cc1. The lowest BCUT2D eigenvalue weighted by Gasteiger charge is -2.34. The van der Waals surface area contributed by atoms with Crippen molar-refractivity contribution in [2.24, 2.45) is 0 Å². The van der Waals surface area contributed by atoms with Crippen LogP contribution in [0.5, 0.6) is 11.5 Å². The van der Waals surface area contributed by atoms with E-state index in [1.165, 1.54) is 16.4 Å². The highest BCUT2D eigenvalue weighted by Gasteiger charge is 2.32. The van der Waals surface area contributed by atoms with Crippen LogP contribution in [-0.4, -0.2) is 33.1 Å². The smallest absolute Gasteiger partial charge is 0.264 e. The molecule has 3 aromatic rings. The summed E-state index contributed by atoms with van der Waals surface area (Å²) in [5.74, 6) is 0.932. The Morgan fingerprint density at radius 1 is 1.03 bits per heavy atom. The van der Waals surface area contributed by atoms with Crippen molar-refractivity contribution in [2.75, 3.05) is 16.2 Å². The average molecular weight is 467 g/mol. The van der Waals surface area contributed by atoms with Crippen LogP contribution in [0.4, 0.5) is 11.4 Å². The van der Waals surface area contributed by atoms with Crippen molar-refractivity contribution in [3.63, 3.8) is 0 Å². The van der Waals surface area contributed by atoms with E-state index in [9.17, 15) is 13.2 Å². The Bertz CT molecular complexity index is 1240. The standard InChI is InChI=1S/C25H26N2O5S/c1-17(2)31-21-12-8-19(9-13-21)25(28)26-20-10-14-22(15-11-20)33(29,30)27-16-18(3)32-24-7-5-4-6-23(24)27/h4-15,17-18H,16H2,1-3H3,(H,26,28). The Hall–Kier alpha value is -3.52. The van der Waals surface area contributed by atoms with Gasteiger partial charge in [0.05, 0.1) is 23.2 Å². The predicted molar refractivity (Wildman–Crippen MR) is 128 cm³/mol. The summed E-state index contributed by atoms with van der Waals surface area (Å²) in [4.78, 5) is 12.7. The molecule has 0 radical (unpaired) electrons. The molecule has 33 heavy (non-hydrogen) atoms. The number of nitrogens with one attached hydrogen (secondary N) is 1. The Balaban J connectivity index is 1.50. The minimum absolute atomic E-state index is 0.0497. The number of hydrogen-bond acceptors (Lipinski definition) is 5. The summed E-state index contributed by atoms with van der Waals surface area (Å²) in [6.45, 7) is 5.92. The predicted octanol–water partition coefficient (Wildman–Crippen LogP) is 4.70. The van der Waals surface area contributed by atoms with E-state index in [-0.39, 0.29) is 29.6 Å². The van der Waals surface area contributed by atoms with Gasteiger partial charge in [0, 0.05) is 11.3 Å². The number of fused-ring (bicyclic) bond motifs is 1. The lowest BCUT2D eigenvalue weighted by molar-refractivity contribution is 0.102. The van der Waals surface area contributed by atoms with Crippen molar-refractivity contribution in [3.05, 3.63) is 78.4 Å². The number of nitrogens with zero attached hydrogens (tertiary/aromatic N) is 1. The maximum atomic E-state index is 13.3. The normalized spacial score (nSPS) is 15.5. The van der Waals surface area contributed by atoms with Gasteiger partial charge in [-0.3, -0.25) is 9.10 Å². The second-order valence-electron chi connectivity index (χ2n) is 8.10. The zero-order valence-electron chi connectivity index (χ0n) is 18.7. The fraction of sp³-hybridized carbons (Fsp3) is 0.240. The van der Waals surface area contributed by atoms with Gasteiger partial charge in [-0.25, -0.2) is 8.42 Å². The second-order valence-corrected chi connectivity index (χ2v) is 9.96. The van der Waals surface area contributed by atoms with E-state index >= 15 is 0 Å². The van der Waals surface area contributed by atoms with Crippen molar-refractivity contribution in [1.29, 1.82) is 0 Å². The van der Waals surface area contributed by atoms with E-state index < -0.39 is 10.0 Å². The number of amides is 1. The van der Waals surface area contributed by atoms with Crippen LogP contribution < -0.4 is 19.1 Å². The van der Waals surface area contributed by atoms with Gasteiger partial charge in [0.15, 0.2) is 0 Å². The molecule has 1 aliphatic rings. The van der Waals surface area contributed by atoms with E-state index in [0.29, 0.717) is 28.4 Å². The summed E-state index contributed by atoms with van der Waals surface area (Å²) in [6.07, 6.45) is -0.223. The third-order valence-corrected chi connectivity index (χ3v) is 6.87. The topological polar surface area (TPSA) is 84.9 Å². The molecule has 1 amide bonds. The van der Waals surface area contributed by atoms with Crippen LogP contribution >= 0.6 is 0 Å². The van der Waals surface area contributed by atoms with Crippen molar-refractivity contribution >= 4 is 27.3 Å². The van der Waals surface area contributed by atoms with Gasteiger partial charge < -0.3 is 14.8 Å². The molecule has 1 aliphatic heterocycles. The Morgan fingerprint density at radius 2 is 1.70 bits per heavy atom. The maximum Gasteiger partial charge on any atom is 0.264 e. The molecule has 1 unspecified atom stereocenters. The van der Waals surface area contributed by atoms with Crippen LogP contribution in [-0.2, 0) is 10.0 Å². The van der Waals surface area contributed by atoms with E-state index in [2.05, 4.69) is 5.32 Å². The number of carbonyl (C=O) groups is 1. The molecule has 0 aromatic heterocycles. The minimum atomic E-state index is -3.79. The molecule has 0 bridgehead atoms. The lowest BCUT2D eigenvalue weighted by atomic mass is 10.2. The number of anilines is 2. The molecule has 172 valence electrons. The Labute approximate surface area is 194 Å². The number of para-hydroxylation sites is 2. The van der Waals surface area contributed by atoms with Gasteiger partial charge in [0.2, 0.25) is 0 Å². The monoisotopic (exact) mass is 466 g/mol. The molecule has 0 aliphatic carbocycles. The van der Waals surface area contributed by atoms with E-state index in [4.69, 9.17) is 9.47 Å². The molecule has 1 N–H and O–H groups in total. The highest BCUT2D eigenvalue weighted by molar-refractivity contribution is 7.92. The molecular formula is C25H26N2O5S. The van der Waals surface area contributed by atoms with Crippen LogP contribution in [0.25, 0.3) is 0 Å². The third kappa shape index (κ3) is 4.96. The van der Waals surface area contributed by atoms with Crippen molar-refractivity contribution < 1.29 is 22.7 Å². The summed E-state index contributed by atoms with van der Waals surface area (Å²) in [6, 6.07) is 20.1. The van der Waals surface area contributed by atoms with Crippen molar-refractivity contribution in [1.82, 2.24) is 0 Å². The van der Waals surface area contributed by atoms with Crippen LogP contribution in [0.2, 0.25) is 0 Å². The van der Waals surface area contributed by atoms with Gasteiger partial charge in [0.25, 0.3) is 15.9 Å². The number of benzene rings is 3. The molecule has 0 saturated heterocycles. The van der Waals surface area contributed by atoms with E-state index in [0.717, 1.165) is 0 Å². The first-order valence-corrected chi connectivity index (χ1v) is 12.1. The van der Waals surface area contributed by atoms with E-state index in [1.54, 1.807) is 54.6 Å². The molecule has 3 aromatic carbocycles. The van der Waals surface area contributed by atoms with Gasteiger partial charge in [-0.2, -0.15) is 0 Å². The fourth-order valence-corrected chi connectivity index (χ4v) is 5.12. The maximum absolute atomic E-state index is 13.3. The molecular weight excluding hydrogens is 440 g/mol. The first-order chi connectivity index (χ1) is 15.7. The van der Waals surface area contributed by atoms with Crippen LogP contribution in [0, 0.1) is 0 Å². The van der Waals surface area contributed by atoms with Gasteiger partial charge in [-0.1, -0.05) is 12.1 Å². The quantitative estimate of drug-likeness (QED) is 0.569. The first kappa shape index (κ1) is 22.7. The summed E-state index contributed by atoms with van der Waals surface area (Å²) in [5, 5.41) is 2.79. The largest absolute Gasteiger partial charge is 0.491 e. The number of ether oxygens (including phenoxy) is 2. The summed E-state index contributed by atoms with van der Waals surface area (Å²) in [7, 11) is -3.79. The average Bonchev–Trinajstić information content (AvgIpc) is 2.79. The molecule has 1 heterocycles. The molecule has 0 saturated carbocycles. The van der Waals surface area contributed by atoms with Crippen molar-refractivity contribution in [3.8, 4) is 11.5 Å². The minimum Gasteiger partial charge on any atom is -0.491 e. The van der Waals surface area contributed by atoms with Crippen LogP contribution in [0.3, 0.4) is 0 Å². The Morgan fingerprint density at radius 3 is 2.36 bits per heavy atom. The van der Waals surface area contributed by atoms with Gasteiger partial charge >= 0.3 is 0 Å². The second kappa shape index (κ2) is 9.15. The van der Waals surface area contributed by atoms with Gasteiger partial charge in [-0.15, -0.1) is 0 Å². The molecule has 0 fully saturated rings. The highest BCUT2D eigenvalue weighted by Crippen LogP contribution is 2.36. The van der Waals surface area contributed by atoms with E-state index in [1.807, 2.05) is 26.8 Å². The molecule has 4 rings (SSSR count). The molecule has 8 heteroatoms. The number of rotatable bonds is 6. The number of hydrogen-bond donors (Lipinski definition) is 1. The summed E-state index contributed by atoms with van der Waals surface area (Å²) < 4.78 is 39.4. The van der Waals surface area contributed by atoms with Crippen molar-refractivity contribution in [2.45, 2.75) is 37.9 Å². The van der Waals surface area contributed by atoms with Crippen LogP contribution in [0.1, 0.15) is 31.1 Å². The molecule has 0 spiro atoms. The lowest BCUT2D eigenvalue weighted by Crippen LogP contribution is -2.42. The zero-order valence-corrected chi connectivity index (χ0v) is 19.5.